The molecule has 1 atom stereocenters. The molecule has 3 rings (SSSR count). The van der Waals surface area contributed by atoms with Crippen LogP contribution >= 0.6 is 0 Å². The van der Waals surface area contributed by atoms with E-state index < -0.39 is 34.4 Å². The summed E-state index contributed by atoms with van der Waals surface area (Å²) in [5.74, 6) is -3.05. The van der Waals surface area contributed by atoms with Crippen LogP contribution < -0.4 is 4.90 Å². The molecule has 0 radical (unpaired) electrons. The number of nitro benzene ring substituents is 1. The summed E-state index contributed by atoms with van der Waals surface area (Å²) in [6.45, 7) is 1.60. The number of hydrogen-bond donors (Lipinski definition) is 1. The Kier molecular flexibility index (Phi) is 5.08. The van der Waals surface area contributed by atoms with Crippen LogP contribution in [-0.4, -0.2) is 28.5 Å². The summed E-state index contributed by atoms with van der Waals surface area (Å²) in [5, 5.41) is 21.2. The van der Waals surface area contributed by atoms with Gasteiger partial charge in [0.15, 0.2) is 5.76 Å². The first-order chi connectivity index (χ1) is 13.3. The predicted molar refractivity (Wildman–Crippen MR) is 96.0 cm³/mol. The monoisotopic (exact) mass is 386 g/mol. The number of amides is 1. The van der Waals surface area contributed by atoms with Gasteiger partial charge in [-0.3, -0.25) is 19.8 Å². The van der Waals surface area contributed by atoms with Crippen LogP contribution in [0, 0.1) is 15.9 Å². The highest BCUT2D eigenvalue weighted by atomic mass is 19.1. The molecule has 8 nitrogen and oxygen atoms in total. The minimum Gasteiger partial charge on any atom is -0.503 e. The van der Waals surface area contributed by atoms with Crippen molar-refractivity contribution in [2.75, 3.05) is 11.5 Å². The second kappa shape index (κ2) is 7.47. The maximum Gasteiger partial charge on any atom is 0.340 e. The van der Waals surface area contributed by atoms with Crippen LogP contribution in [0.4, 0.5) is 15.8 Å². The van der Waals surface area contributed by atoms with E-state index in [9.17, 15) is 29.2 Å². The number of benzene rings is 2. The number of nitrogens with zero attached hydrogens (tertiary/aromatic N) is 2. The number of esters is 1. The van der Waals surface area contributed by atoms with E-state index in [1.807, 2.05) is 0 Å². The summed E-state index contributed by atoms with van der Waals surface area (Å²) < 4.78 is 18.3. The molecule has 28 heavy (non-hydrogen) atoms. The van der Waals surface area contributed by atoms with Gasteiger partial charge in [0, 0.05) is 17.8 Å². The Bertz CT molecular complexity index is 969. The molecule has 0 aromatic heterocycles. The van der Waals surface area contributed by atoms with Crippen LogP contribution in [0.3, 0.4) is 0 Å². The largest absolute Gasteiger partial charge is 0.503 e. The van der Waals surface area contributed by atoms with Crippen LogP contribution in [0.1, 0.15) is 18.5 Å². The number of halogens is 1. The molecule has 0 aliphatic carbocycles. The molecule has 9 heteroatoms. The fraction of sp³-hybridized carbons (Fsp3) is 0.158. The van der Waals surface area contributed by atoms with Gasteiger partial charge in [0.1, 0.15) is 11.4 Å². The Balaban J connectivity index is 2.12. The molecule has 2 aromatic carbocycles. The molecule has 1 amide bonds. The summed E-state index contributed by atoms with van der Waals surface area (Å²) in [6.07, 6.45) is 0. The molecule has 1 unspecified atom stereocenters. The van der Waals surface area contributed by atoms with Gasteiger partial charge in [0.05, 0.1) is 17.6 Å². The molecule has 144 valence electrons. The molecule has 0 spiro atoms. The second-order valence-electron chi connectivity index (χ2n) is 5.89. The number of aliphatic hydroxyl groups is 1. The summed E-state index contributed by atoms with van der Waals surface area (Å²) in [5.41, 5.74) is 0.115. The van der Waals surface area contributed by atoms with E-state index in [4.69, 9.17) is 4.74 Å². The fourth-order valence-corrected chi connectivity index (χ4v) is 2.98. The fourth-order valence-electron chi connectivity index (χ4n) is 2.98. The number of rotatable bonds is 5. The van der Waals surface area contributed by atoms with E-state index in [0.29, 0.717) is 5.56 Å². The lowest BCUT2D eigenvalue weighted by molar-refractivity contribution is -0.384. The SMILES string of the molecule is CCOC(=O)C1=C(O)C(=O)N(c2ccc([N+](=O)[O-])cc2)C1c1ccc(F)cc1. The Morgan fingerprint density at radius 3 is 2.36 bits per heavy atom. The number of carbonyl (C=O) groups is 2. The third-order valence-corrected chi connectivity index (χ3v) is 4.23. The van der Waals surface area contributed by atoms with Crippen molar-refractivity contribution in [2.45, 2.75) is 13.0 Å². The molecule has 2 aromatic rings. The predicted octanol–water partition coefficient (Wildman–Crippen LogP) is 3.20. The van der Waals surface area contributed by atoms with Gasteiger partial charge in [-0.2, -0.15) is 0 Å². The molecular formula is C19H15FN2O6. The number of non-ortho nitro benzene ring substituents is 1. The van der Waals surface area contributed by atoms with Gasteiger partial charge in [-0.05, 0) is 36.8 Å². The van der Waals surface area contributed by atoms with Crippen LogP contribution in [-0.2, 0) is 14.3 Å². The molecule has 1 N–H and O–H groups in total. The Hall–Kier alpha value is -3.75. The molecule has 1 aliphatic heterocycles. The molecule has 0 saturated carbocycles. The van der Waals surface area contributed by atoms with Crippen molar-refractivity contribution in [1.29, 1.82) is 0 Å². The summed E-state index contributed by atoms with van der Waals surface area (Å²) in [7, 11) is 0. The number of ether oxygens (including phenoxy) is 1. The second-order valence-corrected chi connectivity index (χ2v) is 5.89. The zero-order valence-electron chi connectivity index (χ0n) is 14.7. The number of nitro groups is 1. The normalized spacial score (nSPS) is 16.4. The average Bonchev–Trinajstić information content (AvgIpc) is 2.94. The van der Waals surface area contributed by atoms with E-state index in [0.717, 1.165) is 17.0 Å². The molecule has 1 heterocycles. The van der Waals surface area contributed by atoms with Crippen molar-refractivity contribution >= 4 is 23.3 Å². The smallest absolute Gasteiger partial charge is 0.340 e. The van der Waals surface area contributed by atoms with Gasteiger partial charge < -0.3 is 9.84 Å². The van der Waals surface area contributed by atoms with Crippen LogP contribution in [0.2, 0.25) is 0 Å². The summed E-state index contributed by atoms with van der Waals surface area (Å²) in [4.78, 5) is 36.5. The van der Waals surface area contributed by atoms with Crippen LogP contribution in [0.15, 0.2) is 59.9 Å². The Morgan fingerprint density at radius 2 is 1.82 bits per heavy atom. The van der Waals surface area contributed by atoms with Gasteiger partial charge in [-0.25, -0.2) is 9.18 Å². The lowest BCUT2D eigenvalue weighted by atomic mass is 9.99. The minimum atomic E-state index is -1.08. The van der Waals surface area contributed by atoms with Crippen molar-refractivity contribution in [1.82, 2.24) is 0 Å². The topological polar surface area (TPSA) is 110 Å². The van der Waals surface area contributed by atoms with E-state index in [1.165, 1.54) is 36.4 Å². The molecule has 0 bridgehead atoms. The van der Waals surface area contributed by atoms with E-state index in [1.54, 1.807) is 6.92 Å². The van der Waals surface area contributed by atoms with E-state index in [-0.39, 0.29) is 23.6 Å². The van der Waals surface area contributed by atoms with E-state index in [2.05, 4.69) is 0 Å². The first kappa shape index (κ1) is 19.0. The molecule has 0 saturated heterocycles. The van der Waals surface area contributed by atoms with Gasteiger partial charge >= 0.3 is 5.97 Å². The van der Waals surface area contributed by atoms with Crippen LogP contribution in [0.25, 0.3) is 0 Å². The minimum absolute atomic E-state index is 0.0253. The van der Waals surface area contributed by atoms with Crippen LogP contribution in [0.5, 0.6) is 0 Å². The lowest BCUT2D eigenvalue weighted by Crippen LogP contribution is -2.31. The van der Waals surface area contributed by atoms with Crippen molar-refractivity contribution in [3.63, 3.8) is 0 Å². The summed E-state index contributed by atoms with van der Waals surface area (Å²) in [6, 6.07) is 9.05. The number of anilines is 1. The first-order valence-corrected chi connectivity index (χ1v) is 8.28. The van der Waals surface area contributed by atoms with Gasteiger partial charge in [-0.1, -0.05) is 12.1 Å². The maximum absolute atomic E-state index is 13.3. The standard InChI is InChI=1S/C19H15FN2O6/c1-2-28-19(25)15-16(11-3-5-12(20)6-4-11)21(18(24)17(15)23)13-7-9-14(10-8-13)22(26)27/h3-10,16,23H,2H2,1H3. The number of carbonyl (C=O) groups excluding carboxylic acids is 2. The molecule has 0 fully saturated rings. The highest BCUT2D eigenvalue weighted by Crippen LogP contribution is 2.41. The highest BCUT2D eigenvalue weighted by Gasteiger charge is 2.45. The van der Waals surface area contributed by atoms with Crippen molar-refractivity contribution in [3.05, 3.63) is 81.4 Å². The third kappa shape index (κ3) is 3.29. The van der Waals surface area contributed by atoms with Gasteiger partial charge in [0.2, 0.25) is 0 Å². The van der Waals surface area contributed by atoms with Gasteiger partial charge in [0.25, 0.3) is 11.6 Å². The van der Waals surface area contributed by atoms with Gasteiger partial charge in [-0.15, -0.1) is 0 Å². The quantitative estimate of drug-likeness (QED) is 0.480. The zero-order valence-corrected chi connectivity index (χ0v) is 14.7. The maximum atomic E-state index is 13.3. The zero-order chi connectivity index (χ0) is 20.4. The average molecular weight is 386 g/mol. The van der Waals surface area contributed by atoms with Crippen molar-refractivity contribution in [3.8, 4) is 0 Å². The van der Waals surface area contributed by atoms with Crippen molar-refractivity contribution < 1.29 is 28.7 Å². The first-order valence-electron chi connectivity index (χ1n) is 8.28. The Labute approximate surface area is 158 Å². The lowest BCUT2D eigenvalue weighted by Gasteiger charge is -2.26. The number of aliphatic hydroxyl groups excluding tert-OH is 1. The third-order valence-electron chi connectivity index (χ3n) is 4.23. The highest BCUT2D eigenvalue weighted by molar-refractivity contribution is 6.15. The summed E-state index contributed by atoms with van der Waals surface area (Å²) >= 11 is 0. The number of hydrogen-bond acceptors (Lipinski definition) is 6. The van der Waals surface area contributed by atoms with Crippen molar-refractivity contribution in [2.24, 2.45) is 0 Å². The molecular weight excluding hydrogens is 371 g/mol. The van der Waals surface area contributed by atoms with E-state index >= 15 is 0 Å². The molecule has 1 aliphatic rings. The Morgan fingerprint density at radius 1 is 1.21 bits per heavy atom.